The highest BCUT2D eigenvalue weighted by Gasteiger charge is 2.21. The average Bonchev–Trinajstić information content (AvgIpc) is 2.55. The number of anilines is 1. The van der Waals surface area contributed by atoms with Crippen molar-refractivity contribution in [2.45, 2.75) is 25.3 Å². The third kappa shape index (κ3) is 3.61. The molecule has 5 heteroatoms. The van der Waals surface area contributed by atoms with E-state index in [1.54, 1.807) is 6.20 Å². The lowest BCUT2D eigenvalue weighted by molar-refractivity contribution is -0.117. The van der Waals surface area contributed by atoms with E-state index in [0.717, 1.165) is 43.3 Å². The Morgan fingerprint density at radius 3 is 2.95 bits per heavy atom. The van der Waals surface area contributed by atoms with Gasteiger partial charge in [-0.3, -0.25) is 9.78 Å². The average molecular weight is 298 g/mol. The van der Waals surface area contributed by atoms with Crippen molar-refractivity contribution in [1.29, 1.82) is 0 Å². The van der Waals surface area contributed by atoms with Crippen molar-refractivity contribution in [3.05, 3.63) is 36.5 Å². The van der Waals surface area contributed by atoms with Gasteiger partial charge in [-0.2, -0.15) is 0 Å². The van der Waals surface area contributed by atoms with Gasteiger partial charge >= 0.3 is 0 Å². The number of rotatable bonds is 4. The monoisotopic (exact) mass is 298 g/mol. The van der Waals surface area contributed by atoms with E-state index in [4.69, 9.17) is 5.73 Å². The summed E-state index contributed by atoms with van der Waals surface area (Å²) in [4.78, 5) is 16.6. The number of nitrogens with one attached hydrogen (secondary N) is 2. The number of nitrogens with two attached hydrogens (primary N) is 1. The Balaban J connectivity index is 1.61. The molecule has 1 fully saturated rings. The highest BCUT2D eigenvalue weighted by molar-refractivity contribution is 5.96. The number of aromatic nitrogens is 1. The van der Waals surface area contributed by atoms with Crippen LogP contribution in [0.4, 0.5) is 5.69 Å². The first-order valence-electron chi connectivity index (χ1n) is 7.84. The first-order valence-corrected chi connectivity index (χ1v) is 7.84. The summed E-state index contributed by atoms with van der Waals surface area (Å²) in [5, 5.41) is 7.21. The summed E-state index contributed by atoms with van der Waals surface area (Å²) in [6.07, 6.45) is 4.61. The second-order valence-electron chi connectivity index (χ2n) is 5.94. The highest BCUT2D eigenvalue weighted by atomic mass is 16.2. The van der Waals surface area contributed by atoms with Gasteiger partial charge in [0.25, 0.3) is 0 Å². The first kappa shape index (κ1) is 14.9. The van der Waals surface area contributed by atoms with Crippen LogP contribution in [0.2, 0.25) is 0 Å². The van der Waals surface area contributed by atoms with Crippen molar-refractivity contribution in [2.75, 3.05) is 18.4 Å². The zero-order valence-electron chi connectivity index (χ0n) is 12.6. The number of hydrogen-bond donors (Lipinski definition) is 3. The fourth-order valence-electron chi connectivity index (χ4n) is 2.96. The summed E-state index contributed by atoms with van der Waals surface area (Å²) in [5.41, 5.74) is 7.67. The molecule has 1 saturated heterocycles. The molecule has 2 heterocycles. The van der Waals surface area contributed by atoms with E-state index >= 15 is 0 Å². The summed E-state index contributed by atoms with van der Waals surface area (Å²) in [6.45, 7) is 2.04. The van der Waals surface area contributed by atoms with E-state index in [0.29, 0.717) is 11.6 Å². The molecule has 0 saturated carbocycles. The van der Waals surface area contributed by atoms with Crippen LogP contribution in [0.3, 0.4) is 0 Å². The smallest absolute Gasteiger partial charge is 0.241 e. The fraction of sp³-hybridized carbons (Fsp3) is 0.412. The van der Waals surface area contributed by atoms with Crippen LogP contribution in [0.25, 0.3) is 10.9 Å². The molecule has 1 amide bonds. The Hall–Kier alpha value is -1.98. The Morgan fingerprint density at radius 1 is 1.36 bits per heavy atom. The first-order chi connectivity index (χ1) is 10.7. The van der Waals surface area contributed by atoms with E-state index in [2.05, 4.69) is 15.6 Å². The van der Waals surface area contributed by atoms with Crippen LogP contribution in [0.15, 0.2) is 36.5 Å². The normalized spacial score (nSPS) is 17.3. The van der Waals surface area contributed by atoms with Crippen molar-refractivity contribution < 1.29 is 4.79 Å². The molecule has 1 aromatic heterocycles. The fourth-order valence-corrected chi connectivity index (χ4v) is 2.96. The molecule has 3 rings (SSSR count). The van der Waals surface area contributed by atoms with E-state index in [-0.39, 0.29) is 5.91 Å². The molecule has 5 nitrogen and oxygen atoms in total. The minimum atomic E-state index is -0.463. The van der Waals surface area contributed by atoms with Crippen LogP contribution in [0, 0.1) is 5.92 Å². The van der Waals surface area contributed by atoms with Crippen molar-refractivity contribution >= 4 is 22.5 Å². The zero-order chi connectivity index (χ0) is 15.4. The zero-order valence-corrected chi connectivity index (χ0v) is 12.6. The van der Waals surface area contributed by atoms with E-state index < -0.39 is 6.04 Å². The standard InChI is InChI=1S/C17H22N4O/c18-15(9-12-5-7-19-8-6-12)17(22)21-14-10-13-3-1-2-4-16(13)20-11-14/h1-4,10-12,15,19H,5-9,18H2,(H,21,22)/t15-/m0/s1. The molecular formula is C17H22N4O. The topological polar surface area (TPSA) is 80.0 Å². The van der Waals surface area contributed by atoms with Gasteiger partial charge in [0.05, 0.1) is 23.4 Å². The molecule has 0 spiro atoms. The van der Waals surface area contributed by atoms with E-state index in [1.165, 1.54) is 0 Å². The highest BCUT2D eigenvalue weighted by Crippen LogP contribution is 2.19. The molecule has 0 radical (unpaired) electrons. The lowest BCUT2D eigenvalue weighted by atomic mass is 9.91. The lowest BCUT2D eigenvalue weighted by Gasteiger charge is -2.24. The Kier molecular flexibility index (Phi) is 4.65. The maximum atomic E-state index is 12.2. The molecule has 1 aliphatic heterocycles. The van der Waals surface area contributed by atoms with E-state index in [9.17, 15) is 4.79 Å². The predicted octanol–water partition coefficient (Wildman–Crippen LogP) is 1.89. The number of nitrogens with zero attached hydrogens (tertiary/aromatic N) is 1. The van der Waals surface area contributed by atoms with Crippen LogP contribution in [0.5, 0.6) is 0 Å². The predicted molar refractivity (Wildman–Crippen MR) is 88.6 cm³/mol. The largest absolute Gasteiger partial charge is 0.323 e. The number of carbonyl (C=O) groups excluding carboxylic acids is 1. The molecule has 0 unspecified atom stereocenters. The Labute approximate surface area is 130 Å². The quantitative estimate of drug-likeness (QED) is 0.805. The Bertz CT molecular complexity index is 652. The maximum absolute atomic E-state index is 12.2. The van der Waals surface area contributed by atoms with Crippen molar-refractivity contribution in [3.8, 4) is 0 Å². The van der Waals surface area contributed by atoms with Gasteiger partial charge in [-0.15, -0.1) is 0 Å². The number of pyridine rings is 1. The molecular weight excluding hydrogens is 276 g/mol. The molecule has 1 aromatic carbocycles. The van der Waals surface area contributed by atoms with Crippen LogP contribution >= 0.6 is 0 Å². The number of amides is 1. The minimum Gasteiger partial charge on any atom is -0.323 e. The summed E-state index contributed by atoms with van der Waals surface area (Å²) in [5.74, 6) is 0.410. The van der Waals surface area contributed by atoms with Gasteiger partial charge in [0.1, 0.15) is 0 Å². The summed E-state index contributed by atoms with van der Waals surface area (Å²) in [6, 6.07) is 9.30. The number of fused-ring (bicyclic) bond motifs is 1. The van der Waals surface area contributed by atoms with Gasteiger partial charge in [-0.25, -0.2) is 0 Å². The van der Waals surface area contributed by atoms with Gasteiger partial charge in [-0.05, 0) is 50.4 Å². The lowest BCUT2D eigenvalue weighted by Crippen LogP contribution is -2.39. The van der Waals surface area contributed by atoms with Gasteiger partial charge in [0, 0.05) is 5.39 Å². The summed E-state index contributed by atoms with van der Waals surface area (Å²) in [7, 11) is 0. The molecule has 1 aliphatic rings. The van der Waals surface area contributed by atoms with Gasteiger partial charge in [0.15, 0.2) is 0 Å². The van der Waals surface area contributed by atoms with Crippen LogP contribution in [0.1, 0.15) is 19.3 Å². The van der Waals surface area contributed by atoms with Gasteiger partial charge < -0.3 is 16.4 Å². The minimum absolute atomic E-state index is 0.129. The summed E-state index contributed by atoms with van der Waals surface area (Å²) >= 11 is 0. The molecule has 0 bridgehead atoms. The second kappa shape index (κ2) is 6.85. The second-order valence-corrected chi connectivity index (χ2v) is 5.94. The third-order valence-corrected chi connectivity index (χ3v) is 4.24. The van der Waals surface area contributed by atoms with Gasteiger partial charge in [-0.1, -0.05) is 18.2 Å². The molecule has 1 atom stereocenters. The maximum Gasteiger partial charge on any atom is 0.241 e. The molecule has 4 N–H and O–H groups in total. The Morgan fingerprint density at radius 2 is 2.14 bits per heavy atom. The number of piperidine rings is 1. The number of hydrogen-bond acceptors (Lipinski definition) is 4. The number of para-hydroxylation sites is 1. The van der Waals surface area contributed by atoms with Crippen LogP contribution in [-0.2, 0) is 4.79 Å². The van der Waals surface area contributed by atoms with Crippen molar-refractivity contribution in [2.24, 2.45) is 11.7 Å². The van der Waals surface area contributed by atoms with Crippen molar-refractivity contribution in [3.63, 3.8) is 0 Å². The molecule has 0 aliphatic carbocycles. The number of benzene rings is 1. The third-order valence-electron chi connectivity index (χ3n) is 4.24. The SMILES string of the molecule is N[C@@H](CC1CCNCC1)C(=O)Nc1cnc2ccccc2c1. The van der Waals surface area contributed by atoms with Crippen molar-refractivity contribution in [1.82, 2.24) is 10.3 Å². The number of carbonyl (C=O) groups is 1. The molecule has 116 valence electrons. The summed E-state index contributed by atoms with van der Waals surface area (Å²) < 4.78 is 0. The molecule has 2 aromatic rings. The van der Waals surface area contributed by atoms with Crippen LogP contribution < -0.4 is 16.4 Å². The molecule has 22 heavy (non-hydrogen) atoms. The van der Waals surface area contributed by atoms with E-state index in [1.807, 2.05) is 30.3 Å². The van der Waals surface area contributed by atoms with Gasteiger partial charge in [0.2, 0.25) is 5.91 Å². The van der Waals surface area contributed by atoms with Crippen LogP contribution in [-0.4, -0.2) is 30.0 Å².